The van der Waals surface area contributed by atoms with Gasteiger partial charge in [0, 0.05) is 6.42 Å². The number of hydrogen-bond donors (Lipinski definition) is 1. The number of aliphatic hydroxyl groups is 1. The van der Waals surface area contributed by atoms with Gasteiger partial charge >= 0.3 is 5.97 Å². The number of ether oxygens (including phenoxy) is 3. The molecule has 1 N–H and O–H groups in total. The normalized spacial score (nSPS) is 26.0. The maximum atomic E-state index is 11.1. The number of methoxy groups -OCH3 is 1. The lowest BCUT2D eigenvalue weighted by Crippen LogP contribution is -2.19. The molecule has 0 aromatic rings. The highest BCUT2D eigenvalue weighted by Crippen LogP contribution is 2.36. The molecule has 1 fully saturated rings. The molecular weight excluding hydrogens is 507 g/mol. The molecule has 0 bridgehead atoms. The van der Waals surface area contributed by atoms with Crippen LogP contribution in [0.25, 0.3) is 0 Å². The van der Waals surface area contributed by atoms with E-state index >= 15 is 0 Å². The Hall–Kier alpha value is -1.48. The number of carbonyl (C=O) groups is 1. The fraction of sp³-hybridized carbons (Fsp3) is 0.480. The van der Waals surface area contributed by atoms with E-state index in [2.05, 4.69) is 34.3 Å². The zero-order valence-corrected chi connectivity index (χ0v) is 20.8. The Morgan fingerprint density at radius 2 is 1.81 bits per heavy atom. The predicted molar refractivity (Wildman–Crippen MR) is 134 cm³/mol. The average Bonchev–Trinajstić information content (AvgIpc) is 3.03. The van der Waals surface area contributed by atoms with Gasteiger partial charge < -0.3 is 19.3 Å². The molecule has 1 saturated heterocycles. The van der Waals surface area contributed by atoms with Gasteiger partial charge in [-0.1, -0.05) is 79.8 Å². The van der Waals surface area contributed by atoms with Crippen molar-refractivity contribution in [3.8, 4) is 0 Å². The number of carbonyl (C=O) groups excluding carboxylic acids is 1. The lowest BCUT2D eigenvalue weighted by atomic mass is 10.1. The minimum absolute atomic E-state index is 0.0809. The summed E-state index contributed by atoms with van der Waals surface area (Å²) in [5.74, 6) is -0.206. The van der Waals surface area contributed by atoms with Gasteiger partial charge in [-0.15, -0.1) is 0 Å². The van der Waals surface area contributed by atoms with Crippen molar-refractivity contribution >= 4 is 28.6 Å². The number of allylic oxidation sites excluding steroid dienone is 8. The minimum atomic E-state index is -0.654. The standard InChI is InChI=1S/C25H35IO5/c1-4-5-11-16-21(27)17-12-8-6-7-9-13-18-22-23(31-25(2,26)30-22)19-14-10-15-20-24(28)29-3/h5-14,17-18,21-23,27H,4,15-16,19-20H2,1-3H3/b8-6-,9-7+,11-5-,14-10-,17-12+,18-13+/t21-,22-,23+,25?/m1/s1. The summed E-state index contributed by atoms with van der Waals surface area (Å²) in [7, 11) is 1.40. The van der Waals surface area contributed by atoms with Crippen LogP contribution >= 0.6 is 22.6 Å². The monoisotopic (exact) mass is 542 g/mol. The summed E-state index contributed by atoms with van der Waals surface area (Å²) in [6, 6.07) is 0. The molecule has 0 radical (unpaired) electrons. The smallest absolute Gasteiger partial charge is 0.305 e. The first kappa shape index (κ1) is 27.6. The van der Waals surface area contributed by atoms with Gasteiger partial charge in [0.2, 0.25) is 3.79 Å². The van der Waals surface area contributed by atoms with Crippen LogP contribution in [0.15, 0.2) is 72.9 Å². The highest BCUT2D eigenvalue weighted by atomic mass is 127. The van der Waals surface area contributed by atoms with E-state index in [-0.39, 0.29) is 18.2 Å². The van der Waals surface area contributed by atoms with Crippen LogP contribution in [0.4, 0.5) is 0 Å². The van der Waals surface area contributed by atoms with Crippen molar-refractivity contribution in [3.05, 3.63) is 72.9 Å². The molecule has 31 heavy (non-hydrogen) atoms. The number of rotatable bonds is 13. The second-order valence-electron chi connectivity index (χ2n) is 7.12. The van der Waals surface area contributed by atoms with E-state index in [1.807, 2.05) is 73.8 Å². The molecule has 0 aromatic carbocycles. The first-order valence-corrected chi connectivity index (χ1v) is 11.7. The molecule has 0 amide bonds. The van der Waals surface area contributed by atoms with E-state index in [9.17, 15) is 9.90 Å². The Morgan fingerprint density at radius 1 is 1.10 bits per heavy atom. The quantitative estimate of drug-likeness (QED) is 0.106. The topological polar surface area (TPSA) is 65.0 Å². The van der Waals surface area contributed by atoms with Crippen molar-refractivity contribution in [3.63, 3.8) is 0 Å². The zero-order valence-electron chi connectivity index (χ0n) is 18.7. The Labute approximate surface area is 200 Å². The molecule has 1 rings (SSSR count). The fourth-order valence-electron chi connectivity index (χ4n) is 2.78. The molecule has 172 valence electrons. The van der Waals surface area contributed by atoms with Crippen molar-refractivity contribution in [2.75, 3.05) is 7.11 Å². The predicted octanol–water partition coefficient (Wildman–Crippen LogP) is 5.72. The fourth-order valence-corrected chi connectivity index (χ4v) is 3.40. The van der Waals surface area contributed by atoms with Gasteiger partial charge in [0.25, 0.3) is 0 Å². The van der Waals surface area contributed by atoms with Crippen molar-refractivity contribution in [2.24, 2.45) is 0 Å². The van der Waals surface area contributed by atoms with Crippen LogP contribution in [0.2, 0.25) is 0 Å². The SMILES string of the molecule is CC/C=C\C[C@@H](O)/C=C/C=C\C=C\C=C\[C@H]1OC(C)(I)O[C@H]1C/C=C\CCC(=O)OC. The zero-order chi connectivity index (χ0) is 23.0. The summed E-state index contributed by atoms with van der Waals surface area (Å²) >= 11 is 2.15. The van der Waals surface area contributed by atoms with Crippen LogP contribution < -0.4 is 0 Å². The van der Waals surface area contributed by atoms with Gasteiger partial charge in [-0.05, 0) is 55.2 Å². The molecule has 1 aliphatic rings. The lowest BCUT2D eigenvalue weighted by molar-refractivity contribution is -0.140. The summed E-state index contributed by atoms with van der Waals surface area (Å²) in [6.45, 7) is 3.97. The first-order chi connectivity index (χ1) is 14.9. The Morgan fingerprint density at radius 3 is 2.52 bits per heavy atom. The summed E-state index contributed by atoms with van der Waals surface area (Å²) < 4.78 is 15.9. The van der Waals surface area contributed by atoms with Crippen LogP contribution in [0.3, 0.4) is 0 Å². The van der Waals surface area contributed by atoms with E-state index in [0.29, 0.717) is 25.7 Å². The second-order valence-corrected chi connectivity index (χ2v) is 9.08. The van der Waals surface area contributed by atoms with Crippen molar-refractivity contribution < 1.29 is 24.1 Å². The molecule has 0 aromatic heterocycles. The van der Waals surface area contributed by atoms with Crippen molar-refractivity contribution in [1.29, 1.82) is 0 Å². The van der Waals surface area contributed by atoms with Gasteiger partial charge in [0.15, 0.2) is 0 Å². The molecule has 0 aliphatic carbocycles. The number of alkyl halides is 1. The van der Waals surface area contributed by atoms with E-state index in [4.69, 9.17) is 9.47 Å². The van der Waals surface area contributed by atoms with Gasteiger partial charge in [0.1, 0.15) is 6.10 Å². The van der Waals surface area contributed by atoms with Gasteiger partial charge in [-0.25, -0.2) is 0 Å². The summed E-state index contributed by atoms with van der Waals surface area (Å²) in [5.41, 5.74) is 0. The Kier molecular flexibility index (Phi) is 14.4. The molecule has 5 nitrogen and oxygen atoms in total. The van der Waals surface area contributed by atoms with Crippen LogP contribution in [-0.2, 0) is 19.0 Å². The molecule has 1 unspecified atom stereocenters. The molecule has 1 aliphatic heterocycles. The van der Waals surface area contributed by atoms with Gasteiger partial charge in [-0.3, -0.25) is 4.79 Å². The van der Waals surface area contributed by atoms with Crippen molar-refractivity contribution in [2.45, 2.75) is 68.1 Å². The highest BCUT2D eigenvalue weighted by molar-refractivity contribution is 14.1. The largest absolute Gasteiger partial charge is 0.469 e. The van der Waals surface area contributed by atoms with Crippen LogP contribution in [0.1, 0.15) is 46.0 Å². The van der Waals surface area contributed by atoms with Gasteiger partial charge in [-0.2, -0.15) is 0 Å². The summed E-state index contributed by atoms with van der Waals surface area (Å²) in [5, 5.41) is 9.78. The third-order valence-electron chi connectivity index (χ3n) is 4.32. The molecule has 4 atom stereocenters. The number of halogens is 1. The lowest BCUT2D eigenvalue weighted by Gasteiger charge is -2.13. The van der Waals surface area contributed by atoms with Gasteiger partial charge in [0.05, 0.1) is 19.3 Å². The van der Waals surface area contributed by atoms with Crippen LogP contribution in [0.5, 0.6) is 0 Å². The van der Waals surface area contributed by atoms with E-state index in [0.717, 1.165) is 6.42 Å². The molecule has 0 saturated carbocycles. The van der Waals surface area contributed by atoms with Crippen molar-refractivity contribution in [1.82, 2.24) is 0 Å². The third kappa shape index (κ3) is 13.5. The Bertz CT molecular complexity index is 688. The van der Waals surface area contributed by atoms with E-state index in [1.54, 1.807) is 6.08 Å². The second kappa shape index (κ2) is 16.2. The molecule has 6 heteroatoms. The minimum Gasteiger partial charge on any atom is -0.469 e. The first-order valence-electron chi connectivity index (χ1n) is 10.7. The number of esters is 1. The average molecular weight is 542 g/mol. The summed E-state index contributed by atoms with van der Waals surface area (Å²) in [4.78, 5) is 11.1. The van der Waals surface area contributed by atoms with Crippen LogP contribution in [-0.4, -0.2) is 40.3 Å². The summed E-state index contributed by atoms with van der Waals surface area (Å²) in [6.07, 6.45) is 25.9. The maximum Gasteiger partial charge on any atom is 0.305 e. The van der Waals surface area contributed by atoms with E-state index in [1.165, 1.54) is 7.11 Å². The third-order valence-corrected chi connectivity index (χ3v) is 4.83. The van der Waals surface area contributed by atoms with Crippen LogP contribution in [0, 0.1) is 0 Å². The van der Waals surface area contributed by atoms with E-state index < -0.39 is 9.90 Å². The number of aliphatic hydroxyl groups excluding tert-OH is 1. The molecular formula is C25H35IO5. The maximum absolute atomic E-state index is 11.1. The molecule has 0 spiro atoms. The highest BCUT2D eigenvalue weighted by Gasteiger charge is 2.40. The molecule has 1 heterocycles. The Balaban J connectivity index is 2.44. The number of hydrogen-bond acceptors (Lipinski definition) is 5.